The summed E-state index contributed by atoms with van der Waals surface area (Å²) in [6, 6.07) is 0.535. The molecule has 3 nitrogen and oxygen atoms in total. The highest BCUT2D eigenvalue weighted by Gasteiger charge is 2.37. The molecule has 0 saturated heterocycles. The van der Waals surface area contributed by atoms with Gasteiger partial charge in [0, 0.05) is 6.04 Å². The fourth-order valence-electron chi connectivity index (χ4n) is 2.38. The standard InChI is InChI=1S/C13H25NO2/c1-5-16-12(15)13(2,3)14(4)11-9-7-6-8-10-11/h11H,5-10H2,1-4H3. The fourth-order valence-corrected chi connectivity index (χ4v) is 2.38. The predicted octanol–water partition coefficient (Wildman–Crippen LogP) is 2.59. The highest BCUT2D eigenvalue weighted by atomic mass is 16.5. The third kappa shape index (κ3) is 2.97. The molecule has 1 saturated carbocycles. The number of carbonyl (C=O) groups is 1. The Labute approximate surface area is 99.1 Å². The van der Waals surface area contributed by atoms with Gasteiger partial charge in [-0.25, -0.2) is 0 Å². The smallest absolute Gasteiger partial charge is 0.325 e. The molecule has 0 radical (unpaired) electrons. The predicted molar refractivity (Wildman–Crippen MR) is 65.3 cm³/mol. The number of ether oxygens (including phenoxy) is 1. The van der Waals surface area contributed by atoms with E-state index in [1.165, 1.54) is 32.1 Å². The van der Waals surface area contributed by atoms with Crippen molar-refractivity contribution in [2.24, 2.45) is 0 Å². The Hall–Kier alpha value is -0.570. The fraction of sp³-hybridized carbons (Fsp3) is 0.923. The van der Waals surface area contributed by atoms with Gasteiger partial charge >= 0.3 is 5.97 Å². The molecule has 0 bridgehead atoms. The maximum atomic E-state index is 11.9. The highest BCUT2D eigenvalue weighted by molar-refractivity contribution is 5.79. The van der Waals surface area contributed by atoms with Crippen LogP contribution in [0.2, 0.25) is 0 Å². The quantitative estimate of drug-likeness (QED) is 0.691. The number of esters is 1. The molecule has 0 N–H and O–H groups in total. The summed E-state index contributed by atoms with van der Waals surface area (Å²) in [6.07, 6.45) is 6.32. The third-order valence-electron chi connectivity index (χ3n) is 3.78. The number of rotatable bonds is 4. The summed E-state index contributed by atoms with van der Waals surface area (Å²) in [5.74, 6) is -0.108. The first-order valence-electron chi connectivity index (χ1n) is 6.40. The lowest BCUT2D eigenvalue weighted by Crippen LogP contribution is -2.53. The van der Waals surface area contributed by atoms with Crippen molar-refractivity contribution < 1.29 is 9.53 Å². The van der Waals surface area contributed by atoms with Gasteiger partial charge in [0.05, 0.1) is 6.61 Å². The van der Waals surface area contributed by atoms with Crippen molar-refractivity contribution in [1.29, 1.82) is 0 Å². The van der Waals surface area contributed by atoms with Crippen LogP contribution in [0.25, 0.3) is 0 Å². The van der Waals surface area contributed by atoms with Gasteiger partial charge in [-0.05, 0) is 40.7 Å². The molecule has 0 aliphatic heterocycles. The first-order valence-corrected chi connectivity index (χ1v) is 6.40. The lowest BCUT2D eigenvalue weighted by molar-refractivity contribution is -0.156. The molecular weight excluding hydrogens is 202 g/mol. The van der Waals surface area contributed by atoms with Crippen LogP contribution in [0, 0.1) is 0 Å². The molecule has 1 rings (SSSR count). The van der Waals surface area contributed by atoms with Gasteiger partial charge in [0.25, 0.3) is 0 Å². The van der Waals surface area contributed by atoms with Crippen LogP contribution in [-0.2, 0) is 9.53 Å². The van der Waals surface area contributed by atoms with E-state index in [2.05, 4.69) is 4.90 Å². The second-order valence-corrected chi connectivity index (χ2v) is 5.18. The molecule has 1 aliphatic rings. The molecule has 0 aromatic carbocycles. The molecule has 0 amide bonds. The molecule has 0 spiro atoms. The summed E-state index contributed by atoms with van der Waals surface area (Å²) < 4.78 is 5.14. The second-order valence-electron chi connectivity index (χ2n) is 5.18. The maximum Gasteiger partial charge on any atom is 0.325 e. The van der Waals surface area contributed by atoms with Gasteiger partial charge in [-0.15, -0.1) is 0 Å². The van der Waals surface area contributed by atoms with Crippen LogP contribution in [-0.4, -0.2) is 36.1 Å². The van der Waals surface area contributed by atoms with Crippen molar-refractivity contribution >= 4 is 5.97 Å². The lowest BCUT2D eigenvalue weighted by Gasteiger charge is -2.40. The highest BCUT2D eigenvalue weighted by Crippen LogP contribution is 2.27. The Balaban J connectivity index is 2.61. The first-order chi connectivity index (χ1) is 7.50. The van der Waals surface area contributed by atoms with Crippen molar-refractivity contribution in [3.63, 3.8) is 0 Å². The molecule has 0 aromatic rings. The van der Waals surface area contributed by atoms with E-state index in [0.29, 0.717) is 12.6 Å². The van der Waals surface area contributed by atoms with E-state index in [9.17, 15) is 4.79 Å². The van der Waals surface area contributed by atoms with Crippen LogP contribution in [0.5, 0.6) is 0 Å². The van der Waals surface area contributed by atoms with Gasteiger partial charge in [-0.2, -0.15) is 0 Å². The summed E-state index contributed by atoms with van der Waals surface area (Å²) in [5, 5.41) is 0. The number of likely N-dealkylation sites (N-methyl/N-ethyl adjacent to an activating group) is 1. The average Bonchev–Trinajstić information content (AvgIpc) is 2.29. The van der Waals surface area contributed by atoms with Crippen LogP contribution in [0.3, 0.4) is 0 Å². The Morgan fingerprint density at radius 2 is 1.88 bits per heavy atom. The van der Waals surface area contributed by atoms with Gasteiger partial charge < -0.3 is 4.74 Å². The zero-order chi connectivity index (χ0) is 12.2. The van der Waals surface area contributed by atoms with Crippen LogP contribution in [0.4, 0.5) is 0 Å². The molecular formula is C13H25NO2. The van der Waals surface area contributed by atoms with Gasteiger partial charge in [0.15, 0.2) is 0 Å². The zero-order valence-electron chi connectivity index (χ0n) is 11.1. The summed E-state index contributed by atoms with van der Waals surface area (Å²) in [7, 11) is 2.05. The van der Waals surface area contributed by atoms with E-state index in [1.807, 2.05) is 27.8 Å². The second kappa shape index (κ2) is 5.67. The van der Waals surface area contributed by atoms with Crippen LogP contribution < -0.4 is 0 Å². The van der Waals surface area contributed by atoms with Gasteiger partial charge in [-0.1, -0.05) is 19.3 Å². The lowest BCUT2D eigenvalue weighted by atomic mass is 9.91. The Bertz CT molecular complexity index is 232. The van der Waals surface area contributed by atoms with Crippen molar-refractivity contribution in [2.75, 3.05) is 13.7 Å². The Morgan fingerprint density at radius 3 is 2.38 bits per heavy atom. The molecule has 1 fully saturated rings. The average molecular weight is 227 g/mol. The van der Waals surface area contributed by atoms with Gasteiger partial charge in [0.1, 0.15) is 5.54 Å². The summed E-state index contributed by atoms with van der Waals surface area (Å²) >= 11 is 0. The minimum Gasteiger partial charge on any atom is -0.465 e. The minimum absolute atomic E-state index is 0.108. The number of hydrogen-bond donors (Lipinski definition) is 0. The van der Waals surface area contributed by atoms with Crippen LogP contribution in [0.1, 0.15) is 52.9 Å². The van der Waals surface area contributed by atoms with Gasteiger partial charge in [-0.3, -0.25) is 9.69 Å². The number of hydrogen-bond acceptors (Lipinski definition) is 3. The largest absolute Gasteiger partial charge is 0.465 e. The third-order valence-corrected chi connectivity index (χ3v) is 3.78. The SMILES string of the molecule is CCOC(=O)C(C)(C)N(C)C1CCCCC1. The van der Waals surface area contributed by atoms with E-state index in [-0.39, 0.29) is 5.97 Å². The van der Waals surface area contributed by atoms with E-state index in [1.54, 1.807) is 0 Å². The summed E-state index contributed by atoms with van der Waals surface area (Å²) in [4.78, 5) is 14.1. The summed E-state index contributed by atoms with van der Waals surface area (Å²) in [6.45, 7) is 6.23. The Kier molecular flexibility index (Phi) is 4.78. The maximum absolute atomic E-state index is 11.9. The van der Waals surface area contributed by atoms with E-state index >= 15 is 0 Å². The summed E-state index contributed by atoms with van der Waals surface area (Å²) in [5.41, 5.74) is -0.502. The molecule has 1 aliphatic carbocycles. The monoisotopic (exact) mass is 227 g/mol. The molecule has 94 valence electrons. The van der Waals surface area contributed by atoms with Crippen molar-refractivity contribution in [3.05, 3.63) is 0 Å². The van der Waals surface area contributed by atoms with E-state index in [4.69, 9.17) is 4.74 Å². The number of carbonyl (C=O) groups excluding carboxylic acids is 1. The zero-order valence-corrected chi connectivity index (χ0v) is 11.1. The molecule has 0 aromatic heterocycles. The van der Waals surface area contributed by atoms with E-state index < -0.39 is 5.54 Å². The molecule has 0 heterocycles. The first kappa shape index (κ1) is 13.5. The Morgan fingerprint density at radius 1 is 1.31 bits per heavy atom. The van der Waals surface area contributed by atoms with E-state index in [0.717, 1.165) is 0 Å². The van der Waals surface area contributed by atoms with Crippen molar-refractivity contribution in [1.82, 2.24) is 4.90 Å². The topological polar surface area (TPSA) is 29.5 Å². The molecule has 0 atom stereocenters. The van der Waals surface area contributed by atoms with Crippen LogP contribution in [0.15, 0.2) is 0 Å². The van der Waals surface area contributed by atoms with Crippen LogP contribution >= 0.6 is 0 Å². The molecule has 16 heavy (non-hydrogen) atoms. The number of nitrogens with zero attached hydrogens (tertiary/aromatic N) is 1. The normalized spacial score (nSPS) is 18.8. The minimum atomic E-state index is -0.502. The van der Waals surface area contributed by atoms with Crippen molar-refractivity contribution in [3.8, 4) is 0 Å². The van der Waals surface area contributed by atoms with Gasteiger partial charge in [0.2, 0.25) is 0 Å². The molecule has 3 heteroatoms. The molecule has 0 unspecified atom stereocenters. The van der Waals surface area contributed by atoms with Crippen molar-refractivity contribution in [2.45, 2.75) is 64.5 Å².